The Labute approximate surface area is 107 Å². The maximum absolute atomic E-state index is 14.0. The zero-order valence-electron chi connectivity index (χ0n) is 10.1. The van der Waals surface area contributed by atoms with Gasteiger partial charge >= 0.3 is 0 Å². The Balaban J connectivity index is 2.31. The van der Waals surface area contributed by atoms with Crippen molar-refractivity contribution in [2.45, 2.75) is 6.92 Å². The van der Waals surface area contributed by atoms with Crippen LogP contribution < -0.4 is 5.73 Å². The molecular weight excluding hydrogens is 250 g/mol. The monoisotopic (exact) mass is 260 g/mol. The summed E-state index contributed by atoms with van der Waals surface area (Å²) in [6, 6.07) is 7.54. The van der Waals surface area contributed by atoms with Crippen LogP contribution in [0.4, 0.5) is 14.5 Å². The molecule has 5 heteroatoms. The van der Waals surface area contributed by atoms with Gasteiger partial charge in [0.15, 0.2) is 5.58 Å². The topological polar surface area (TPSA) is 52.0 Å². The van der Waals surface area contributed by atoms with Gasteiger partial charge in [-0.1, -0.05) is 12.1 Å². The van der Waals surface area contributed by atoms with E-state index in [1.807, 2.05) is 0 Å². The van der Waals surface area contributed by atoms with E-state index in [4.69, 9.17) is 10.2 Å². The van der Waals surface area contributed by atoms with Crippen molar-refractivity contribution in [3.05, 3.63) is 47.5 Å². The molecule has 19 heavy (non-hydrogen) atoms. The van der Waals surface area contributed by atoms with Gasteiger partial charge in [-0.15, -0.1) is 0 Å². The predicted molar refractivity (Wildman–Crippen MR) is 68.5 cm³/mol. The number of nitrogen functional groups attached to an aromatic ring is 1. The third-order valence-corrected chi connectivity index (χ3v) is 2.95. The fraction of sp³-hybridized carbons (Fsp3) is 0.0714. The first-order valence-electron chi connectivity index (χ1n) is 5.68. The lowest BCUT2D eigenvalue weighted by molar-refractivity contribution is 0.556. The number of nitrogens with two attached hydrogens (primary N) is 1. The van der Waals surface area contributed by atoms with Crippen LogP contribution in [0.15, 0.2) is 34.7 Å². The summed E-state index contributed by atoms with van der Waals surface area (Å²) in [7, 11) is 0. The van der Waals surface area contributed by atoms with Crippen molar-refractivity contribution in [1.82, 2.24) is 4.98 Å². The number of rotatable bonds is 1. The van der Waals surface area contributed by atoms with Crippen molar-refractivity contribution in [3.63, 3.8) is 0 Å². The molecule has 0 fully saturated rings. The van der Waals surface area contributed by atoms with Crippen LogP contribution in [-0.4, -0.2) is 4.98 Å². The van der Waals surface area contributed by atoms with Gasteiger partial charge in [-0.25, -0.2) is 13.8 Å². The summed E-state index contributed by atoms with van der Waals surface area (Å²) in [5.41, 5.74) is 7.00. The number of anilines is 1. The van der Waals surface area contributed by atoms with Crippen LogP contribution in [-0.2, 0) is 0 Å². The quantitative estimate of drug-likeness (QED) is 0.679. The molecule has 0 aliphatic heterocycles. The second-order valence-corrected chi connectivity index (χ2v) is 4.27. The molecular formula is C14H10F2N2O. The number of hydrogen-bond acceptors (Lipinski definition) is 3. The average molecular weight is 260 g/mol. The molecule has 1 aromatic heterocycles. The molecule has 0 atom stereocenters. The minimum atomic E-state index is -0.715. The number of aromatic nitrogens is 1. The van der Waals surface area contributed by atoms with Crippen LogP contribution in [0.5, 0.6) is 0 Å². The Kier molecular flexibility index (Phi) is 2.48. The minimum absolute atomic E-state index is 0.105. The van der Waals surface area contributed by atoms with Gasteiger partial charge in [0.1, 0.15) is 22.7 Å². The maximum atomic E-state index is 14.0. The van der Waals surface area contributed by atoms with E-state index in [0.717, 1.165) is 0 Å². The van der Waals surface area contributed by atoms with E-state index in [0.29, 0.717) is 22.4 Å². The van der Waals surface area contributed by atoms with Crippen molar-refractivity contribution in [2.24, 2.45) is 0 Å². The summed E-state index contributed by atoms with van der Waals surface area (Å²) in [5.74, 6) is -1.50. The smallest absolute Gasteiger partial charge is 0.233 e. The molecule has 0 bridgehead atoms. The highest BCUT2D eigenvalue weighted by molar-refractivity contribution is 5.87. The highest BCUT2D eigenvalue weighted by Gasteiger charge is 2.19. The molecule has 0 aliphatic carbocycles. The summed E-state index contributed by atoms with van der Waals surface area (Å²) in [4.78, 5) is 4.07. The van der Waals surface area contributed by atoms with Gasteiger partial charge in [0, 0.05) is 0 Å². The maximum Gasteiger partial charge on any atom is 0.233 e. The molecule has 0 amide bonds. The van der Waals surface area contributed by atoms with Gasteiger partial charge in [0.05, 0.1) is 5.69 Å². The summed E-state index contributed by atoms with van der Waals surface area (Å²) in [6.45, 7) is 1.55. The number of nitrogens with zero attached hydrogens (tertiary/aromatic N) is 1. The van der Waals surface area contributed by atoms with Gasteiger partial charge < -0.3 is 10.2 Å². The first kappa shape index (κ1) is 11.6. The largest absolute Gasteiger partial charge is 0.436 e. The van der Waals surface area contributed by atoms with Crippen molar-refractivity contribution < 1.29 is 13.2 Å². The Bertz CT molecular complexity index is 780. The van der Waals surface area contributed by atoms with Crippen LogP contribution in [0.2, 0.25) is 0 Å². The highest BCUT2D eigenvalue weighted by Crippen LogP contribution is 2.31. The molecule has 0 spiro atoms. The number of aryl methyl sites for hydroxylation is 1. The molecule has 1 heterocycles. The Morgan fingerprint density at radius 3 is 2.68 bits per heavy atom. The summed E-state index contributed by atoms with van der Waals surface area (Å²) < 4.78 is 33.2. The number of fused-ring (bicyclic) bond motifs is 1. The van der Waals surface area contributed by atoms with Crippen LogP contribution in [0.1, 0.15) is 5.56 Å². The third kappa shape index (κ3) is 1.74. The zero-order valence-corrected chi connectivity index (χ0v) is 10.1. The van der Waals surface area contributed by atoms with E-state index in [1.165, 1.54) is 12.1 Å². The lowest BCUT2D eigenvalue weighted by Gasteiger charge is -2.02. The summed E-state index contributed by atoms with van der Waals surface area (Å²) >= 11 is 0. The molecule has 2 N–H and O–H groups in total. The lowest BCUT2D eigenvalue weighted by Crippen LogP contribution is -1.93. The van der Waals surface area contributed by atoms with E-state index in [1.54, 1.807) is 25.1 Å². The van der Waals surface area contributed by atoms with Crippen LogP contribution in [0.25, 0.3) is 22.6 Å². The molecule has 3 nitrogen and oxygen atoms in total. The zero-order chi connectivity index (χ0) is 13.6. The number of hydrogen-bond donors (Lipinski definition) is 1. The van der Waals surface area contributed by atoms with E-state index in [9.17, 15) is 8.78 Å². The number of halogens is 2. The Morgan fingerprint density at radius 2 is 1.95 bits per heavy atom. The van der Waals surface area contributed by atoms with E-state index >= 15 is 0 Å². The van der Waals surface area contributed by atoms with Crippen LogP contribution >= 0.6 is 0 Å². The van der Waals surface area contributed by atoms with Gasteiger partial charge in [-0.2, -0.15) is 0 Å². The van der Waals surface area contributed by atoms with E-state index in [2.05, 4.69) is 4.98 Å². The third-order valence-electron chi connectivity index (χ3n) is 2.95. The first-order valence-corrected chi connectivity index (χ1v) is 5.68. The number of benzene rings is 2. The Hall–Kier alpha value is -2.43. The second kappa shape index (κ2) is 4.05. The highest BCUT2D eigenvalue weighted by atomic mass is 19.1. The van der Waals surface area contributed by atoms with Crippen molar-refractivity contribution in [3.8, 4) is 11.5 Å². The predicted octanol–water partition coefficient (Wildman–Crippen LogP) is 3.66. The van der Waals surface area contributed by atoms with E-state index < -0.39 is 11.6 Å². The van der Waals surface area contributed by atoms with Gasteiger partial charge in [0.2, 0.25) is 5.89 Å². The van der Waals surface area contributed by atoms with Crippen LogP contribution in [0.3, 0.4) is 0 Å². The van der Waals surface area contributed by atoms with Gasteiger partial charge in [0.25, 0.3) is 0 Å². The molecule has 0 saturated carbocycles. The molecule has 0 aliphatic rings. The molecule has 0 saturated heterocycles. The molecule has 0 radical (unpaired) electrons. The minimum Gasteiger partial charge on any atom is -0.436 e. The number of para-hydroxylation sites is 1. The normalized spacial score (nSPS) is 11.1. The van der Waals surface area contributed by atoms with Crippen molar-refractivity contribution >= 4 is 16.8 Å². The fourth-order valence-electron chi connectivity index (χ4n) is 1.93. The number of oxazole rings is 1. The molecule has 96 valence electrons. The summed E-state index contributed by atoms with van der Waals surface area (Å²) in [5, 5.41) is 0. The SMILES string of the molecule is Cc1ccc(F)c(-c2nc3c(N)cccc3o2)c1F. The molecule has 3 rings (SSSR count). The molecule has 3 aromatic rings. The molecule has 2 aromatic carbocycles. The standard InChI is InChI=1S/C14H10F2N2O/c1-7-5-6-8(15)11(12(7)16)14-18-13-9(17)3-2-4-10(13)19-14/h2-6H,17H2,1H3. The first-order chi connectivity index (χ1) is 9.08. The Morgan fingerprint density at radius 1 is 1.16 bits per heavy atom. The van der Waals surface area contributed by atoms with Gasteiger partial charge in [-0.3, -0.25) is 0 Å². The lowest BCUT2D eigenvalue weighted by atomic mass is 10.1. The second-order valence-electron chi connectivity index (χ2n) is 4.27. The summed E-state index contributed by atoms with van der Waals surface area (Å²) in [6.07, 6.45) is 0. The van der Waals surface area contributed by atoms with Crippen molar-refractivity contribution in [2.75, 3.05) is 5.73 Å². The van der Waals surface area contributed by atoms with E-state index in [-0.39, 0.29) is 11.5 Å². The molecule has 0 unspecified atom stereocenters. The van der Waals surface area contributed by atoms with Crippen LogP contribution in [0, 0.1) is 18.6 Å². The average Bonchev–Trinajstić information content (AvgIpc) is 2.80. The van der Waals surface area contributed by atoms with Crippen molar-refractivity contribution in [1.29, 1.82) is 0 Å². The van der Waals surface area contributed by atoms with Gasteiger partial charge in [-0.05, 0) is 30.7 Å². The fourth-order valence-corrected chi connectivity index (χ4v) is 1.93.